The van der Waals surface area contributed by atoms with Crippen molar-refractivity contribution in [3.8, 4) is 0 Å². The molecule has 0 spiro atoms. The number of amides is 2. The number of hydrogen-bond acceptors (Lipinski definition) is 4. The number of carbonyl (C=O) groups is 2. The molecule has 196 valence electrons. The molecule has 1 aliphatic rings. The number of nitrogens with zero attached hydrogens (tertiary/aromatic N) is 3. The summed E-state index contributed by atoms with van der Waals surface area (Å²) in [6.07, 6.45) is 4.24. The minimum Gasteiger partial charge on any atom is -0.352 e. The molecule has 0 saturated heterocycles. The van der Waals surface area contributed by atoms with Gasteiger partial charge in [-0.3, -0.25) is 9.59 Å². The first-order valence-corrected chi connectivity index (χ1v) is 13.6. The van der Waals surface area contributed by atoms with Crippen molar-refractivity contribution in [2.45, 2.75) is 57.7 Å². The highest BCUT2D eigenvalue weighted by Crippen LogP contribution is 2.24. The van der Waals surface area contributed by atoms with Crippen molar-refractivity contribution in [1.82, 2.24) is 14.5 Å². The Balaban J connectivity index is 1.96. The van der Waals surface area contributed by atoms with E-state index in [9.17, 15) is 22.4 Å². The predicted molar refractivity (Wildman–Crippen MR) is 138 cm³/mol. The van der Waals surface area contributed by atoms with Crippen LogP contribution in [0.4, 0.5) is 10.1 Å². The van der Waals surface area contributed by atoms with Gasteiger partial charge in [-0.25, -0.2) is 8.70 Å². The van der Waals surface area contributed by atoms with E-state index in [0.29, 0.717) is 6.42 Å². The van der Waals surface area contributed by atoms with Crippen LogP contribution in [0.2, 0.25) is 0 Å². The molecule has 3 rings (SSSR count). The second kappa shape index (κ2) is 12.3. The summed E-state index contributed by atoms with van der Waals surface area (Å²) in [6, 6.07) is 13.9. The van der Waals surface area contributed by atoms with E-state index >= 15 is 0 Å². The largest absolute Gasteiger partial charge is 0.352 e. The van der Waals surface area contributed by atoms with Gasteiger partial charge in [0.25, 0.3) is 0 Å². The highest BCUT2D eigenvalue weighted by molar-refractivity contribution is 7.90. The molecule has 0 aromatic heterocycles. The zero-order chi connectivity index (χ0) is 26.3. The van der Waals surface area contributed by atoms with E-state index in [1.165, 1.54) is 37.2 Å². The van der Waals surface area contributed by atoms with Gasteiger partial charge in [-0.2, -0.15) is 12.7 Å². The molecule has 1 saturated carbocycles. The van der Waals surface area contributed by atoms with Gasteiger partial charge in [-0.15, -0.1) is 0 Å². The Hall–Kier alpha value is -2.98. The Bertz CT molecular complexity index is 1140. The Kier molecular flexibility index (Phi) is 9.44. The van der Waals surface area contributed by atoms with E-state index in [4.69, 9.17) is 0 Å². The maximum Gasteiger partial charge on any atom is 0.304 e. The van der Waals surface area contributed by atoms with Gasteiger partial charge < -0.3 is 10.2 Å². The van der Waals surface area contributed by atoms with Gasteiger partial charge in [0.05, 0.1) is 5.69 Å². The molecule has 2 aromatic carbocycles. The van der Waals surface area contributed by atoms with Gasteiger partial charge in [0.2, 0.25) is 11.8 Å². The molecule has 2 aromatic rings. The van der Waals surface area contributed by atoms with Crippen LogP contribution < -0.4 is 9.62 Å². The fourth-order valence-corrected chi connectivity index (χ4v) is 5.49. The number of nitrogens with one attached hydrogen (secondary N) is 1. The van der Waals surface area contributed by atoms with Gasteiger partial charge in [0.15, 0.2) is 0 Å². The van der Waals surface area contributed by atoms with E-state index in [-0.39, 0.29) is 24.2 Å². The molecule has 0 radical (unpaired) electrons. The second-order valence-corrected chi connectivity index (χ2v) is 11.2. The van der Waals surface area contributed by atoms with Crippen molar-refractivity contribution < 1.29 is 22.4 Å². The summed E-state index contributed by atoms with van der Waals surface area (Å²) in [6.45, 7) is 1.28. The van der Waals surface area contributed by atoms with Crippen LogP contribution in [0.15, 0.2) is 54.6 Å². The topological polar surface area (TPSA) is 90.0 Å². The molecule has 2 amide bonds. The molecular weight excluding hydrogens is 483 g/mol. The van der Waals surface area contributed by atoms with E-state index in [0.717, 1.165) is 45.9 Å². The molecule has 0 aliphatic heterocycles. The van der Waals surface area contributed by atoms with Crippen molar-refractivity contribution in [1.29, 1.82) is 0 Å². The van der Waals surface area contributed by atoms with Crippen LogP contribution in [0.25, 0.3) is 0 Å². The van der Waals surface area contributed by atoms with Crippen LogP contribution in [0, 0.1) is 5.82 Å². The lowest BCUT2D eigenvalue weighted by Crippen LogP contribution is -2.54. The predicted octanol–water partition coefficient (Wildman–Crippen LogP) is 3.30. The molecule has 10 heteroatoms. The Labute approximate surface area is 213 Å². The minimum atomic E-state index is -4.21. The molecule has 0 heterocycles. The van der Waals surface area contributed by atoms with E-state index in [1.807, 2.05) is 37.3 Å². The number of para-hydroxylation sites is 1. The van der Waals surface area contributed by atoms with Crippen molar-refractivity contribution in [2.24, 2.45) is 0 Å². The van der Waals surface area contributed by atoms with E-state index in [1.54, 1.807) is 0 Å². The fourth-order valence-electron chi connectivity index (χ4n) is 4.42. The van der Waals surface area contributed by atoms with E-state index in [2.05, 4.69) is 5.32 Å². The molecule has 8 nitrogen and oxygen atoms in total. The lowest BCUT2D eigenvalue weighted by molar-refractivity contribution is -0.140. The number of hydrogen-bond donors (Lipinski definition) is 1. The first-order valence-electron chi connectivity index (χ1n) is 12.2. The first-order chi connectivity index (χ1) is 17.1. The maximum atomic E-state index is 14.7. The molecule has 1 N–H and O–H groups in total. The highest BCUT2D eigenvalue weighted by Gasteiger charge is 2.35. The maximum absolute atomic E-state index is 14.7. The zero-order valence-electron chi connectivity index (χ0n) is 21.1. The average Bonchev–Trinajstić information content (AvgIpc) is 3.36. The number of rotatable bonds is 11. The molecular formula is C26H35FN4O4S. The summed E-state index contributed by atoms with van der Waals surface area (Å²) in [7, 11) is -1.57. The second-order valence-electron chi connectivity index (χ2n) is 9.17. The molecule has 0 unspecified atom stereocenters. The standard InChI is InChI=1S/C26H35FN4O4S/c1-4-23(26(33)28-21-14-8-9-15-21)30(18-20-12-6-5-7-13-20)25(32)19-31(36(34,35)29(2)3)24-17-11-10-16-22(24)27/h5-7,10-13,16-17,21,23H,4,8-9,14-15,18-19H2,1-3H3,(H,28,33)/t23-/m1/s1. The van der Waals surface area contributed by atoms with Crippen LogP contribution in [0.3, 0.4) is 0 Å². The Morgan fingerprint density at radius 2 is 1.64 bits per heavy atom. The Morgan fingerprint density at radius 1 is 1.03 bits per heavy atom. The van der Waals surface area contributed by atoms with Crippen molar-refractivity contribution >= 4 is 27.7 Å². The molecule has 1 aliphatic carbocycles. The van der Waals surface area contributed by atoms with Gasteiger partial charge in [0.1, 0.15) is 18.4 Å². The number of carbonyl (C=O) groups excluding carboxylic acids is 2. The monoisotopic (exact) mass is 518 g/mol. The van der Waals surface area contributed by atoms with Gasteiger partial charge in [0, 0.05) is 26.7 Å². The smallest absolute Gasteiger partial charge is 0.304 e. The summed E-state index contributed by atoms with van der Waals surface area (Å²) in [5.74, 6) is -1.63. The van der Waals surface area contributed by atoms with Gasteiger partial charge in [-0.1, -0.05) is 62.2 Å². The fraction of sp³-hybridized carbons (Fsp3) is 0.462. The van der Waals surface area contributed by atoms with E-state index < -0.39 is 34.5 Å². The summed E-state index contributed by atoms with van der Waals surface area (Å²) in [5, 5.41) is 3.06. The number of halogens is 1. The van der Waals surface area contributed by atoms with Crippen LogP contribution in [-0.4, -0.2) is 62.2 Å². The van der Waals surface area contributed by atoms with Gasteiger partial charge >= 0.3 is 10.2 Å². The Morgan fingerprint density at radius 3 is 2.22 bits per heavy atom. The molecule has 36 heavy (non-hydrogen) atoms. The van der Waals surface area contributed by atoms with Gasteiger partial charge in [-0.05, 0) is 37.0 Å². The molecule has 1 fully saturated rings. The zero-order valence-corrected chi connectivity index (χ0v) is 21.9. The van der Waals surface area contributed by atoms with Crippen LogP contribution in [-0.2, 0) is 26.3 Å². The van der Waals surface area contributed by atoms with Crippen LogP contribution >= 0.6 is 0 Å². The number of anilines is 1. The summed E-state index contributed by atoms with van der Waals surface area (Å²) in [4.78, 5) is 28.4. The van der Waals surface area contributed by atoms with Crippen molar-refractivity contribution in [3.05, 3.63) is 66.0 Å². The lowest BCUT2D eigenvalue weighted by Gasteiger charge is -2.34. The average molecular weight is 519 g/mol. The first kappa shape index (κ1) is 27.6. The van der Waals surface area contributed by atoms with Crippen LogP contribution in [0.1, 0.15) is 44.6 Å². The molecule has 1 atom stereocenters. The van der Waals surface area contributed by atoms with Crippen LogP contribution in [0.5, 0.6) is 0 Å². The van der Waals surface area contributed by atoms with Crippen molar-refractivity contribution in [2.75, 3.05) is 24.9 Å². The lowest BCUT2D eigenvalue weighted by atomic mass is 10.1. The summed E-state index contributed by atoms with van der Waals surface area (Å²) < 4.78 is 42.7. The van der Waals surface area contributed by atoms with Crippen molar-refractivity contribution in [3.63, 3.8) is 0 Å². The molecule has 0 bridgehead atoms. The normalized spacial score (nSPS) is 15.0. The third-order valence-electron chi connectivity index (χ3n) is 6.42. The minimum absolute atomic E-state index is 0.0734. The highest BCUT2D eigenvalue weighted by atomic mass is 32.2. The summed E-state index contributed by atoms with van der Waals surface area (Å²) in [5.41, 5.74) is 0.563. The third kappa shape index (κ3) is 6.61. The third-order valence-corrected chi connectivity index (χ3v) is 8.23. The quantitative estimate of drug-likeness (QED) is 0.494. The summed E-state index contributed by atoms with van der Waals surface area (Å²) >= 11 is 0. The number of benzene rings is 2. The SMILES string of the molecule is CC[C@H](C(=O)NC1CCCC1)N(Cc1ccccc1)C(=O)CN(c1ccccc1F)S(=O)(=O)N(C)C.